The van der Waals surface area contributed by atoms with Crippen LogP contribution in [0.5, 0.6) is 0 Å². The molecule has 0 saturated carbocycles. The third-order valence-corrected chi connectivity index (χ3v) is 3.94. The van der Waals surface area contributed by atoms with Gasteiger partial charge in [-0.05, 0) is 35.7 Å². The van der Waals surface area contributed by atoms with Crippen LogP contribution in [0.1, 0.15) is 40.5 Å². The van der Waals surface area contributed by atoms with Gasteiger partial charge in [-0.1, -0.05) is 40.2 Å². The second-order valence-corrected chi connectivity index (χ2v) is 4.84. The molecule has 1 rings (SSSR count). The number of hydrogen-bond donors (Lipinski definition) is 0. The molecule has 1 aliphatic rings. The Balaban J connectivity index is 2.82. The first-order chi connectivity index (χ1) is 6.60. The van der Waals surface area contributed by atoms with Crippen LogP contribution in [-0.2, 0) is 4.79 Å². The molecule has 0 fully saturated rings. The Bertz CT molecular complexity index is 229. The van der Waals surface area contributed by atoms with Crippen molar-refractivity contribution in [3.8, 4) is 0 Å². The summed E-state index contributed by atoms with van der Waals surface area (Å²) in [6.45, 7) is 8.93. The summed E-state index contributed by atoms with van der Waals surface area (Å²) >= 11 is 0. The highest BCUT2D eigenvalue weighted by Crippen LogP contribution is 2.36. The molecular formula is C13H22O. The lowest BCUT2D eigenvalue weighted by molar-refractivity contribution is -0.105. The van der Waals surface area contributed by atoms with Crippen LogP contribution >= 0.6 is 0 Å². The molecule has 0 aliphatic heterocycles. The summed E-state index contributed by atoms with van der Waals surface area (Å²) in [5.41, 5.74) is 1.02. The van der Waals surface area contributed by atoms with Crippen LogP contribution in [0.15, 0.2) is 11.6 Å². The Labute approximate surface area is 87.6 Å². The molecule has 0 aromatic carbocycles. The third kappa shape index (κ3) is 2.26. The van der Waals surface area contributed by atoms with Gasteiger partial charge in [0.25, 0.3) is 0 Å². The minimum Gasteiger partial charge on any atom is -0.298 e. The molecule has 0 spiro atoms. The maximum Gasteiger partial charge on any atom is 0.145 e. The van der Waals surface area contributed by atoms with Gasteiger partial charge in [0.05, 0.1) is 0 Å². The zero-order valence-electron chi connectivity index (χ0n) is 9.79. The van der Waals surface area contributed by atoms with E-state index in [0.29, 0.717) is 23.7 Å². The zero-order chi connectivity index (χ0) is 10.7. The molecule has 1 heteroatoms. The Morgan fingerprint density at radius 3 is 2.71 bits per heavy atom. The summed E-state index contributed by atoms with van der Waals surface area (Å²) in [6, 6.07) is 0. The van der Waals surface area contributed by atoms with Gasteiger partial charge in [0.1, 0.15) is 6.29 Å². The van der Waals surface area contributed by atoms with Crippen molar-refractivity contribution in [2.75, 3.05) is 0 Å². The topological polar surface area (TPSA) is 17.1 Å². The summed E-state index contributed by atoms with van der Waals surface area (Å²) in [5.74, 6) is 2.43. The number of carbonyl (C=O) groups excluding carboxylic acids is 1. The maximum absolute atomic E-state index is 10.9. The molecule has 0 bridgehead atoms. The van der Waals surface area contributed by atoms with Gasteiger partial charge in [0, 0.05) is 0 Å². The lowest BCUT2D eigenvalue weighted by atomic mass is 9.72. The highest BCUT2D eigenvalue weighted by atomic mass is 16.1. The van der Waals surface area contributed by atoms with Gasteiger partial charge < -0.3 is 0 Å². The van der Waals surface area contributed by atoms with E-state index >= 15 is 0 Å². The largest absolute Gasteiger partial charge is 0.298 e. The number of rotatable bonds is 3. The molecule has 0 heterocycles. The first-order valence-corrected chi connectivity index (χ1v) is 5.77. The molecule has 0 aromatic heterocycles. The van der Waals surface area contributed by atoms with E-state index in [-0.39, 0.29) is 0 Å². The predicted octanol–water partition coefficient (Wildman–Crippen LogP) is 3.45. The van der Waals surface area contributed by atoms with Crippen LogP contribution < -0.4 is 0 Å². The molecule has 4 unspecified atom stereocenters. The van der Waals surface area contributed by atoms with Crippen LogP contribution in [0.3, 0.4) is 0 Å². The van der Waals surface area contributed by atoms with Crippen LogP contribution in [0.2, 0.25) is 0 Å². The highest BCUT2D eigenvalue weighted by Gasteiger charge is 2.27. The molecule has 0 radical (unpaired) electrons. The van der Waals surface area contributed by atoms with Gasteiger partial charge in [-0.3, -0.25) is 4.79 Å². The second kappa shape index (κ2) is 4.77. The standard InChI is InChI=1S/C13H22O/c1-5-9(2)12-6-10(3)11(4)13(7-12)8-14/h7-12H,5-6H2,1-4H3. The van der Waals surface area contributed by atoms with E-state index in [1.165, 1.54) is 12.8 Å². The quantitative estimate of drug-likeness (QED) is 0.629. The van der Waals surface area contributed by atoms with Crippen molar-refractivity contribution in [3.05, 3.63) is 11.6 Å². The Kier molecular flexibility index (Phi) is 3.91. The fourth-order valence-corrected chi connectivity index (χ4v) is 2.27. The van der Waals surface area contributed by atoms with Crippen LogP contribution in [0.4, 0.5) is 0 Å². The molecule has 4 atom stereocenters. The van der Waals surface area contributed by atoms with E-state index in [4.69, 9.17) is 0 Å². The minimum atomic E-state index is 0.452. The van der Waals surface area contributed by atoms with Crippen molar-refractivity contribution < 1.29 is 4.79 Å². The van der Waals surface area contributed by atoms with Crippen molar-refractivity contribution in [3.63, 3.8) is 0 Å². The predicted molar refractivity (Wildman–Crippen MR) is 60.0 cm³/mol. The maximum atomic E-state index is 10.9. The molecule has 80 valence electrons. The van der Waals surface area contributed by atoms with Gasteiger partial charge >= 0.3 is 0 Å². The molecule has 1 nitrogen and oxygen atoms in total. The van der Waals surface area contributed by atoms with Gasteiger partial charge in [-0.2, -0.15) is 0 Å². The van der Waals surface area contributed by atoms with E-state index in [1.54, 1.807) is 0 Å². The van der Waals surface area contributed by atoms with E-state index in [2.05, 4.69) is 33.8 Å². The average Bonchev–Trinajstić information content (AvgIpc) is 2.20. The summed E-state index contributed by atoms with van der Waals surface area (Å²) in [6.07, 6.45) is 5.71. The van der Waals surface area contributed by atoms with E-state index in [1.807, 2.05) is 0 Å². The molecule has 0 saturated heterocycles. The van der Waals surface area contributed by atoms with Gasteiger partial charge in [0.2, 0.25) is 0 Å². The highest BCUT2D eigenvalue weighted by molar-refractivity contribution is 5.74. The molecule has 0 N–H and O–H groups in total. The lowest BCUT2D eigenvalue weighted by Crippen LogP contribution is -2.24. The van der Waals surface area contributed by atoms with Crippen molar-refractivity contribution >= 4 is 6.29 Å². The van der Waals surface area contributed by atoms with Gasteiger partial charge in [-0.25, -0.2) is 0 Å². The Morgan fingerprint density at radius 2 is 2.21 bits per heavy atom. The van der Waals surface area contributed by atoms with Crippen molar-refractivity contribution in [2.45, 2.75) is 40.5 Å². The Hall–Kier alpha value is -0.590. The van der Waals surface area contributed by atoms with Crippen molar-refractivity contribution in [2.24, 2.45) is 23.7 Å². The zero-order valence-corrected chi connectivity index (χ0v) is 9.79. The van der Waals surface area contributed by atoms with E-state index in [9.17, 15) is 4.79 Å². The monoisotopic (exact) mass is 194 g/mol. The first-order valence-electron chi connectivity index (χ1n) is 5.77. The van der Waals surface area contributed by atoms with Gasteiger partial charge in [-0.15, -0.1) is 0 Å². The van der Waals surface area contributed by atoms with Crippen molar-refractivity contribution in [1.29, 1.82) is 0 Å². The molecule has 14 heavy (non-hydrogen) atoms. The summed E-state index contributed by atoms with van der Waals surface area (Å²) in [7, 11) is 0. The molecule has 0 aromatic rings. The third-order valence-electron chi connectivity index (χ3n) is 3.94. The van der Waals surface area contributed by atoms with E-state index < -0.39 is 0 Å². The van der Waals surface area contributed by atoms with Crippen LogP contribution in [0.25, 0.3) is 0 Å². The van der Waals surface area contributed by atoms with Crippen LogP contribution in [0, 0.1) is 23.7 Å². The average molecular weight is 194 g/mol. The smallest absolute Gasteiger partial charge is 0.145 e. The van der Waals surface area contributed by atoms with Crippen LogP contribution in [-0.4, -0.2) is 6.29 Å². The number of hydrogen-bond acceptors (Lipinski definition) is 1. The van der Waals surface area contributed by atoms with Crippen molar-refractivity contribution in [1.82, 2.24) is 0 Å². The fourth-order valence-electron chi connectivity index (χ4n) is 2.27. The summed E-state index contributed by atoms with van der Waals surface area (Å²) in [4.78, 5) is 10.9. The summed E-state index contributed by atoms with van der Waals surface area (Å²) < 4.78 is 0. The lowest BCUT2D eigenvalue weighted by Gasteiger charge is -2.32. The fraction of sp³-hybridized carbons (Fsp3) is 0.769. The molecule has 1 aliphatic carbocycles. The normalized spacial score (nSPS) is 34.9. The summed E-state index contributed by atoms with van der Waals surface area (Å²) in [5, 5.41) is 0. The Morgan fingerprint density at radius 1 is 1.57 bits per heavy atom. The number of aldehydes is 1. The first kappa shape index (κ1) is 11.5. The SMILES string of the molecule is CCC(C)C1C=C(C=O)C(C)C(C)C1. The molecule has 0 amide bonds. The second-order valence-electron chi connectivity index (χ2n) is 4.84. The number of carbonyl (C=O) groups is 1. The number of allylic oxidation sites excluding steroid dienone is 2. The van der Waals surface area contributed by atoms with Gasteiger partial charge in [0.15, 0.2) is 0 Å². The molecular weight excluding hydrogens is 172 g/mol. The van der Waals surface area contributed by atoms with E-state index in [0.717, 1.165) is 11.9 Å². The minimum absolute atomic E-state index is 0.452.